The fourth-order valence-electron chi connectivity index (χ4n) is 3.27. The summed E-state index contributed by atoms with van der Waals surface area (Å²) in [5.74, 6) is 0.576. The fourth-order valence-corrected chi connectivity index (χ4v) is 3.27. The molecule has 1 N–H and O–H groups in total. The van der Waals surface area contributed by atoms with Crippen molar-refractivity contribution in [3.8, 4) is 0 Å². The van der Waals surface area contributed by atoms with E-state index in [9.17, 15) is 9.18 Å². The highest BCUT2D eigenvalue weighted by Gasteiger charge is 2.33. The van der Waals surface area contributed by atoms with Gasteiger partial charge in [0.25, 0.3) is 0 Å². The van der Waals surface area contributed by atoms with Crippen LogP contribution in [-0.4, -0.2) is 36.5 Å². The molecule has 1 aromatic carbocycles. The third-order valence-corrected chi connectivity index (χ3v) is 4.56. The van der Waals surface area contributed by atoms with Crippen LogP contribution in [0.5, 0.6) is 0 Å². The normalized spacial score (nSPS) is 30.2. The highest BCUT2D eigenvalue weighted by Crippen LogP contribution is 2.37. The molecule has 1 saturated carbocycles. The molecule has 0 spiro atoms. The first-order valence-corrected chi connectivity index (χ1v) is 7.37. The molecular formula is C16H21FN2O. The van der Waals surface area contributed by atoms with Gasteiger partial charge in [0, 0.05) is 32.1 Å². The van der Waals surface area contributed by atoms with Gasteiger partial charge in [-0.3, -0.25) is 4.79 Å². The number of piperidine rings is 1. The summed E-state index contributed by atoms with van der Waals surface area (Å²) in [5.41, 5.74) is 1.11. The minimum absolute atomic E-state index is 0.147. The van der Waals surface area contributed by atoms with Crippen LogP contribution < -0.4 is 5.32 Å². The Morgan fingerprint density at radius 1 is 1.30 bits per heavy atom. The van der Waals surface area contributed by atoms with Crippen LogP contribution in [-0.2, 0) is 4.79 Å². The lowest BCUT2D eigenvalue weighted by atomic mass is 9.75. The van der Waals surface area contributed by atoms with Gasteiger partial charge in [0.1, 0.15) is 5.82 Å². The first-order chi connectivity index (χ1) is 9.61. The zero-order valence-electron chi connectivity index (χ0n) is 11.8. The van der Waals surface area contributed by atoms with Crippen molar-refractivity contribution in [2.24, 2.45) is 0 Å². The molecule has 1 aliphatic carbocycles. The second-order valence-corrected chi connectivity index (χ2v) is 6.10. The second-order valence-electron chi connectivity index (χ2n) is 6.10. The number of hydrogen-bond acceptors (Lipinski definition) is 2. The van der Waals surface area contributed by atoms with E-state index in [-0.39, 0.29) is 11.7 Å². The number of likely N-dealkylation sites (N-methyl/N-ethyl adjacent to an activating group) is 1. The largest absolute Gasteiger partial charge is 0.344 e. The summed E-state index contributed by atoms with van der Waals surface area (Å²) in [5, 5.41) is 3.63. The quantitative estimate of drug-likeness (QED) is 0.918. The van der Waals surface area contributed by atoms with Gasteiger partial charge in [-0.1, -0.05) is 12.1 Å². The van der Waals surface area contributed by atoms with Gasteiger partial charge < -0.3 is 10.2 Å². The summed E-state index contributed by atoms with van der Waals surface area (Å²) in [6, 6.07) is 7.86. The van der Waals surface area contributed by atoms with Gasteiger partial charge in [0.05, 0.1) is 0 Å². The second kappa shape index (κ2) is 5.52. The number of carbonyl (C=O) groups is 1. The van der Waals surface area contributed by atoms with E-state index in [0.717, 1.165) is 31.4 Å². The van der Waals surface area contributed by atoms with Crippen LogP contribution in [0.3, 0.4) is 0 Å². The topological polar surface area (TPSA) is 32.3 Å². The zero-order valence-corrected chi connectivity index (χ0v) is 11.8. The molecule has 1 amide bonds. The Morgan fingerprint density at radius 2 is 2.10 bits per heavy atom. The van der Waals surface area contributed by atoms with E-state index in [1.165, 1.54) is 6.07 Å². The van der Waals surface area contributed by atoms with Gasteiger partial charge in [-0.05, 0) is 42.9 Å². The molecule has 1 atom stereocenters. The Labute approximate surface area is 119 Å². The average Bonchev–Trinajstić information content (AvgIpc) is 2.37. The standard InChI is InChI=1S/C16H21FN2O/c1-19-10-14(5-6-16(19)20)18-15-8-12(9-15)11-3-2-4-13(17)7-11/h2-4,7,12,14-15,18H,5-6,8-10H2,1H3. The molecule has 3 nitrogen and oxygen atoms in total. The van der Waals surface area contributed by atoms with Crippen molar-refractivity contribution >= 4 is 5.91 Å². The molecule has 4 heteroatoms. The number of amides is 1. The minimum atomic E-state index is -0.147. The lowest BCUT2D eigenvalue weighted by Crippen LogP contribution is -2.52. The van der Waals surface area contributed by atoms with Gasteiger partial charge >= 0.3 is 0 Å². The SMILES string of the molecule is CN1CC(NC2CC(c3cccc(F)c3)C2)CCC1=O. The summed E-state index contributed by atoms with van der Waals surface area (Å²) in [7, 11) is 1.87. The number of halogens is 1. The predicted octanol–water partition coefficient (Wildman–Crippen LogP) is 2.28. The summed E-state index contributed by atoms with van der Waals surface area (Å²) in [4.78, 5) is 13.2. The van der Waals surface area contributed by atoms with Crippen LogP contribution in [0.25, 0.3) is 0 Å². The summed E-state index contributed by atoms with van der Waals surface area (Å²) in [6.07, 6.45) is 3.72. The Morgan fingerprint density at radius 3 is 2.80 bits per heavy atom. The molecule has 0 bridgehead atoms. The van der Waals surface area contributed by atoms with E-state index in [4.69, 9.17) is 0 Å². The number of rotatable bonds is 3. The highest BCUT2D eigenvalue weighted by molar-refractivity contribution is 5.76. The number of nitrogens with zero attached hydrogens (tertiary/aromatic N) is 1. The molecule has 1 aliphatic heterocycles. The molecule has 2 aliphatic rings. The van der Waals surface area contributed by atoms with Crippen LogP contribution in [0.1, 0.15) is 37.2 Å². The van der Waals surface area contributed by atoms with E-state index in [2.05, 4.69) is 5.32 Å². The van der Waals surface area contributed by atoms with E-state index in [1.54, 1.807) is 12.1 Å². The lowest BCUT2D eigenvalue weighted by Gasteiger charge is -2.41. The van der Waals surface area contributed by atoms with Crippen LogP contribution in [0.4, 0.5) is 4.39 Å². The maximum absolute atomic E-state index is 13.2. The van der Waals surface area contributed by atoms with Crippen molar-refractivity contribution in [2.75, 3.05) is 13.6 Å². The molecule has 20 heavy (non-hydrogen) atoms. The zero-order chi connectivity index (χ0) is 14.1. The van der Waals surface area contributed by atoms with E-state index in [1.807, 2.05) is 18.0 Å². The molecule has 1 unspecified atom stereocenters. The fraction of sp³-hybridized carbons (Fsp3) is 0.562. The first kappa shape index (κ1) is 13.6. The van der Waals surface area contributed by atoms with Gasteiger partial charge in [0.2, 0.25) is 5.91 Å². The maximum atomic E-state index is 13.2. The van der Waals surface area contributed by atoms with Crippen LogP contribution >= 0.6 is 0 Å². The number of likely N-dealkylation sites (tertiary alicyclic amines) is 1. The van der Waals surface area contributed by atoms with Gasteiger partial charge in [-0.2, -0.15) is 0 Å². The Bertz CT molecular complexity index is 499. The van der Waals surface area contributed by atoms with Crippen molar-refractivity contribution in [1.29, 1.82) is 0 Å². The van der Waals surface area contributed by atoms with E-state index >= 15 is 0 Å². The molecule has 3 rings (SSSR count). The Balaban J connectivity index is 1.48. The predicted molar refractivity (Wildman–Crippen MR) is 76.0 cm³/mol. The van der Waals surface area contributed by atoms with Gasteiger partial charge in [0.15, 0.2) is 0 Å². The molecule has 1 saturated heterocycles. The summed E-state index contributed by atoms with van der Waals surface area (Å²) >= 11 is 0. The highest BCUT2D eigenvalue weighted by atomic mass is 19.1. The monoisotopic (exact) mass is 276 g/mol. The van der Waals surface area contributed by atoms with Crippen LogP contribution in [0.2, 0.25) is 0 Å². The molecule has 1 aromatic rings. The van der Waals surface area contributed by atoms with Crippen molar-refractivity contribution < 1.29 is 9.18 Å². The molecule has 0 aromatic heterocycles. The molecular weight excluding hydrogens is 255 g/mol. The molecule has 2 fully saturated rings. The van der Waals surface area contributed by atoms with Gasteiger partial charge in [-0.25, -0.2) is 4.39 Å². The lowest BCUT2D eigenvalue weighted by molar-refractivity contribution is -0.132. The van der Waals surface area contributed by atoms with Crippen LogP contribution in [0, 0.1) is 5.82 Å². The minimum Gasteiger partial charge on any atom is -0.344 e. The number of hydrogen-bond donors (Lipinski definition) is 1. The number of carbonyl (C=O) groups excluding carboxylic acids is 1. The number of nitrogens with one attached hydrogen (secondary N) is 1. The van der Waals surface area contributed by atoms with Crippen molar-refractivity contribution in [1.82, 2.24) is 10.2 Å². The third-order valence-electron chi connectivity index (χ3n) is 4.56. The first-order valence-electron chi connectivity index (χ1n) is 7.37. The number of benzene rings is 1. The summed E-state index contributed by atoms with van der Waals surface area (Å²) < 4.78 is 13.2. The average molecular weight is 276 g/mol. The molecule has 108 valence electrons. The third kappa shape index (κ3) is 2.85. The smallest absolute Gasteiger partial charge is 0.222 e. The molecule has 0 radical (unpaired) electrons. The Kier molecular flexibility index (Phi) is 3.74. The van der Waals surface area contributed by atoms with E-state index < -0.39 is 0 Å². The summed E-state index contributed by atoms with van der Waals surface area (Å²) in [6.45, 7) is 0.806. The van der Waals surface area contributed by atoms with Crippen molar-refractivity contribution in [3.63, 3.8) is 0 Å². The van der Waals surface area contributed by atoms with E-state index in [0.29, 0.717) is 24.4 Å². The van der Waals surface area contributed by atoms with Gasteiger partial charge in [-0.15, -0.1) is 0 Å². The maximum Gasteiger partial charge on any atom is 0.222 e. The molecule has 1 heterocycles. The van der Waals surface area contributed by atoms with Crippen LogP contribution in [0.15, 0.2) is 24.3 Å². The van der Waals surface area contributed by atoms with Crippen molar-refractivity contribution in [3.05, 3.63) is 35.6 Å². The van der Waals surface area contributed by atoms with Crippen molar-refractivity contribution in [2.45, 2.75) is 43.7 Å². The Hall–Kier alpha value is -1.42.